The molecule has 1 atom stereocenters. The summed E-state index contributed by atoms with van der Waals surface area (Å²) >= 11 is 0. The maximum absolute atomic E-state index is 11.1. The van der Waals surface area contributed by atoms with Crippen molar-refractivity contribution in [3.05, 3.63) is 47.9 Å². The molecule has 1 fully saturated rings. The van der Waals surface area contributed by atoms with Crippen LogP contribution in [0, 0.1) is 6.92 Å². The Labute approximate surface area is 173 Å². The molecule has 0 unspecified atom stereocenters. The van der Waals surface area contributed by atoms with Gasteiger partial charge in [0.05, 0.1) is 12.2 Å². The van der Waals surface area contributed by atoms with Crippen molar-refractivity contribution in [2.24, 2.45) is 0 Å². The number of aromatic nitrogens is 2. The molecule has 0 saturated carbocycles. The van der Waals surface area contributed by atoms with Gasteiger partial charge in [0.1, 0.15) is 24.5 Å². The van der Waals surface area contributed by atoms with Gasteiger partial charge in [-0.05, 0) is 45.0 Å². The fraction of sp³-hybridized carbons (Fsp3) is 0.545. The summed E-state index contributed by atoms with van der Waals surface area (Å²) in [5.41, 5.74) is 1.39. The highest BCUT2D eigenvalue weighted by molar-refractivity contribution is 5.41. The Bertz CT molecular complexity index is 771. The van der Waals surface area contributed by atoms with Crippen molar-refractivity contribution in [3.63, 3.8) is 0 Å². The molecular formula is C22H32N4O3. The van der Waals surface area contributed by atoms with Gasteiger partial charge in [-0.1, -0.05) is 12.1 Å². The van der Waals surface area contributed by atoms with Gasteiger partial charge in [-0.25, -0.2) is 9.97 Å². The van der Waals surface area contributed by atoms with Crippen molar-refractivity contribution in [1.82, 2.24) is 14.9 Å². The zero-order valence-corrected chi connectivity index (χ0v) is 17.7. The normalized spacial score (nSPS) is 19.1. The molecular weight excluding hydrogens is 368 g/mol. The summed E-state index contributed by atoms with van der Waals surface area (Å²) in [5.74, 6) is 1.73. The second kappa shape index (κ2) is 10.0. The Kier molecular flexibility index (Phi) is 7.41. The largest absolute Gasteiger partial charge is 0.491 e. The lowest BCUT2D eigenvalue weighted by Crippen LogP contribution is -2.43. The topological polar surface area (TPSA) is 71.0 Å². The average Bonchev–Trinajstić information content (AvgIpc) is 3.08. The van der Waals surface area contributed by atoms with E-state index in [-0.39, 0.29) is 0 Å². The number of likely N-dealkylation sites (N-methyl/N-ethyl adjacent to an activating group) is 1. The van der Waals surface area contributed by atoms with E-state index in [1.54, 1.807) is 6.33 Å². The van der Waals surface area contributed by atoms with Crippen LogP contribution in [0.4, 0.5) is 5.82 Å². The lowest BCUT2D eigenvalue weighted by molar-refractivity contribution is 0.0279. The Morgan fingerprint density at radius 3 is 2.72 bits per heavy atom. The molecule has 1 N–H and O–H groups in total. The Morgan fingerprint density at radius 2 is 2.00 bits per heavy atom. The predicted octanol–water partition coefficient (Wildman–Crippen LogP) is 2.27. The number of rotatable bonds is 10. The van der Waals surface area contributed by atoms with Crippen molar-refractivity contribution < 1.29 is 14.6 Å². The minimum absolute atomic E-state index is 0.558. The SMILES string of the molecule is CCOCCOc1ccc(CN(C)C[C@]2(O)CCN(c3cc(C)ncn3)C2)cc1. The summed E-state index contributed by atoms with van der Waals surface area (Å²) in [4.78, 5) is 12.8. The van der Waals surface area contributed by atoms with E-state index in [9.17, 15) is 5.11 Å². The van der Waals surface area contributed by atoms with Gasteiger partial charge < -0.3 is 19.5 Å². The van der Waals surface area contributed by atoms with Crippen molar-refractivity contribution in [2.75, 3.05) is 51.4 Å². The highest BCUT2D eigenvalue weighted by atomic mass is 16.5. The number of hydrogen-bond acceptors (Lipinski definition) is 7. The molecule has 0 spiro atoms. The van der Waals surface area contributed by atoms with E-state index < -0.39 is 5.60 Å². The maximum atomic E-state index is 11.1. The van der Waals surface area contributed by atoms with E-state index in [1.165, 1.54) is 5.56 Å². The Balaban J connectivity index is 1.48. The van der Waals surface area contributed by atoms with Crippen molar-refractivity contribution in [2.45, 2.75) is 32.4 Å². The molecule has 1 aromatic carbocycles. The minimum Gasteiger partial charge on any atom is -0.491 e. The third-order valence-corrected chi connectivity index (χ3v) is 5.09. The first kappa shape index (κ1) is 21.5. The Morgan fingerprint density at radius 1 is 1.21 bits per heavy atom. The van der Waals surface area contributed by atoms with Crippen molar-refractivity contribution >= 4 is 5.82 Å². The number of nitrogens with zero attached hydrogens (tertiary/aromatic N) is 4. The van der Waals surface area contributed by atoms with E-state index in [2.05, 4.69) is 31.9 Å². The fourth-order valence-electron chi connectivity index (χ4n) is 3.72. The molecule has 1 aliphatic rings. The van der Waals surface area contributed by atoms with Gasteiger partial charge in [-0.15, -0.1) is 0 Å². The van der Waals surface area contributed by atoms with Crippen LogP contribution in [0.2, 0.25) is 0 Å². The molecule has 158 valence electrons. The number of hydrogen-bond donors (Lipinski definition) is 1. The number of ether oxygens (including phenoxy) is 2. The standard InChI is InChI=1S/C22H32N4O3/c1-4-28-11-12-29-20-7-5-19(6-8-20)14-25(3)15-22(27)9-10-26(16-22)21-13-18(2)23-17-24-21/h5-8,13,17,27H,4,9-12,14-16H2,1-3H3/t22-/m1/s1. The number of aliphatic hydroxyl groups is 1. The van der Waals surface area contributed by atoms with Crippen LogP contribution >= 0.6 is 0 Å². The van der Waals surface area contributed by atoms with Gasteiger partial charge >= 0.3 is 0 Å². The Hall–Kier alpha value is -2.22. The van der Waals surface area contributed by atoms with Crippen LogP contribution < -0.4 is 9.64 Å². The van der Waals surface area contributed by atoms with Crippen molar-refractivity contribution in [1.29, 1.82) is 0 Å². The number of benzene rings is 1. The molecule has 29 heavy (non-hydrogen) atoms. The summed E-state index contributed by atoms with van der Waals surface area (Å²) < 4.78 is 10.9. The van der Waals surface area contributed by atoms with Crippen LogP contribution in [0.3, 0.4) is 0 Å². The van der Waals surface area contributed by atoms with Gasteiger partial charge in [0.25, 0.3) is 0 Å². The van der Waals surface area contributed by atoms with Gasteiger partial charge in [-0.2, -0.15) is 0 Å². The number of aryl methyl sites for hydroxylation is 1. The van der Waals surface area contributed by atoms with Crippen molar-refractivity contribution in [3.8, 4) is 5.75 Å². The first-order valence-electron chi connectivity index (χ1n) is 10.2. The van der Waals surface area contributed by atoms with Crippen LogP contribution in [0.25, 0.3) is 0 Å². The van der Waals surface area contributed by atoms with E-state index in [4.69, 9.17) is 9.47 Å². The lowest BCUT2D eigenvalue weighted by atomic mass is 10.0. The van der Waals surface area contributed by atoms with Crippen LogP contribution in [-0.2, 0) is 11.3 Å². The molecule has 7 heteroatoms. The molecule has 0 amide bonds. The summed E-state index contributed by atoms with van der Waals surface area (Å²) in [5, 5.41) is 11.1. The summed E-state index contributed by atoms with van der Waals surface area (Å²) in [6, 6.07) is 10.1. The highest BCUT2D eigenvalue weighted by Gasteiger charge is 2.37. The zero-order chi connectivity index (χ0) is 20.7. The van der Waals surface area contributed by atoms with Crippen LogP contribution in [0.5, 0.6) is 5.75 Å². The lowest BCUT2D eigenvalue weighted by Gasteiger charge is -2.29. The van der Waals surface area contributed by atoms with E-state index in [0.29, 0.717) is 32.9 Å². The number of β-amino-alcohol motifs (C(OH)–C–C–N with tert-alkyl or cyclic N) is 1. The van der Waals surface area contributed by atoms with Gasteiger partial charge in [0, 0.05) is 44.5 Å². The van der Waals surface area contributed by atoms with E-state index in [1.807, 2.05) is 39.1 Å². The smallest absolute Gasteiger partial charge is 0.132 e. The quantitative estimate of drug-likeness (QED) is 0.614. The van der Waals surface area contributed by atoms with Gasteiger partial charge in [0.2, 0.25) is 0 Å². The molecule has 2 aromatic rings. The molecule has 2 heterocycles. The monoisotopic (exact) mass is 400 g/mol. The predicted molar refractivity (Wildman–Crippen MR) is 113 cm³/mol. The average molecular weight is 401 g/mol. The molecule has 3 rings (SSSR count). The molecule has 1 aromatic heterocycles. The molecule has 0 aliphatic carbocycles. The summed E-state index contributed by atoms with van der Waals surface area (Å²) in [7, 11) is 2.04. The van der Waals surface area contributed by atoms with Crippen LogP contribution in [-0.4, -0.2) is 72.1 Å². The minimum atomic E-state index is -0.740. The molecule has 1 aliphatic heterocycles. The second-order valence-electron chi connectivity index (χ2n) is 7.78. The van der Waals surface area contributed by atoms with Gasteiger partial charge in [-0.3, -0.25) is 4.90 Å². The van der Waals surface area contributed by atoms with E-state index >= 15 is 0 Å². The summed E-state index contributed by atoms with van der Waals surface area (Å²) in [6.45, 7) is 8.56. The maximum Gasteiger partial charge on any atom is 0.132 e. The van der Waals surface area contributed by atoms with E-state index in [0.717, 1.165) is 36.8 Å². The van der Waals surface area contributed by atoms with Gasteiger partial charge in [0.15, 0.2) is 0 Å². The zero-order valence-electron chi connectivity index (χ0n) is 17.7. The molecule has 0 bridgehead atoms. The molecule has 1 saturated heterocycles. The fourth-order valence-corrected chi connectivity index (χ4v) is 3.72. The third-order valence-electron chi connectivity index (χ3n) is 5.09. The third kappa shape index (κ3) is 6.39. The first-order valence-corrected chi connectivity index (χ1v) is 10.2. The summed E-state index contributed by atoms with van der Waals surface area (Å²) in [6.07, 6.45) is 2.31. The second-order valence-corrected chi connectivity index (χ2v) is 7.78. The highest BCUT2D eigenvalue weighted by Crippen LogP contribution is 2.26. The molecule has 7 nitrogen and oxygen atoms in total. The number of anilines is 1. The molecule has 0 radical (unpaired) electrons. The van der Waals surface area contributed by atoms with Crippen LogP contribution in [0.1, 0.15) is 24.6 Å². The first-order chi connectivity index (χ1) is 14.0. The van der Waals surface area contributed by atoms with Crippen LogP contribution in [0.15, 0.2) is 36.7 Å².